The van der Waals surface area contributed by atoms with E-state index in [1.54, 1.807) is 0 Å². The SMILES string of the molecule is CC(C)C(=O)NCC1CCCS(=O)(=O)C1. The molecule has 0 saturated carbocycles. The lowest BCUT2D eigenvalue weighted by molar-refractivity contribution is -0.124. The zero-order chi connectivity index (χ0) is 11.5. The fourth-order valence-electron chi connectivity index (χ4n) is 1.73. The summed E-state index contributed by atoms with van der Waals surface area (Å²) in [6, 6.07) is 0. The van der Waals surface area contributed by atoms with Crippen molar-refractivity contribution in [2.45, 2.75) is 26.7 Å². The Morgan fingerprint density at radius 1 is 1.47 bits per heavy atom. The minimum atomic E-state index is -2.85. The predicted octanol–water partition coefficient (Wildman–Crippen LogP) is 0.583. The van der Waals surface area contributed by atoms with E-state index in [2.05, 4.69) is 5.32 Å². The van der Waals surface area contributed by atoms with Gasteiger partial charge < -0.3 is 5.32 Å². The second kappa shape index (κ2) is 4.96. The highest BCUT2D eigenvalue weighted by atomic mass is 32.2. The Balaban J connectivity index is 2.37. The molecule has 4 nitrogen and oxygen atoms in total. The fourth-order valence-corrected chi connectivity index (χ4v) is 3.50. The van der Waals surface area contributed by atoms with Crippen molar-refractivity contribution in [2.75, 3.05) is 18.1 Å². The first-order valence-electron chi connectivity index (χ1n) is 5.39. The van der Waals surface area contributed by atoms with Crippen LogP contribution < -0.4 is 5.32 Å². The monoisotopic (exact) mass is 233 g/mol. The van der Waals surface area contributed by atoms with E-state index in [0.29, 0.717) is 12.3 Å². The third-order valence-electron chi connectivity index (χ3n) is 2.65. The number of sulfone groups is 1. The molecule has 1 saturated heterocycles. The van der Waals surface area contributed by atoms with Crippen LogP contribution in [0.1, 0.15) is 26.7 Å². The van der Waals surface area contributed by atoms with Crippen LogP contribution in [0.4, 0.5) is 0 Å². The molecule has 15 heavy (non-hydrogen) atoms. The van der Waals surface area contributed by atoms with Gasteiger partial charge in [-0.25, -0.2) is 8.42 Å². The summed E-state index contributed by atoms with van der Waals surface area (Å²) >= 11 is 0. The van der Waals surface area contributed by atoms with Crippen molar-refractivity contribution in [1.82, 2.24) is 5.32 Å². The van der Waals surface area contributed by atoms with Crippen molar-refractivity contribution in [3.05, 3.63) is 0 Å². The molecule has 1 unspecified atom stereocenters. The molecule has 1 amide bonds. The second-order valence-electron chi connectivity index (χ2n) is 4.52. The fraction of sp³-hybridized carbons (Fsp3) is 0.900. The third kappa shape index (κ3) is 4.20. The Hall–Kier alpha value is -0.580. The first kappa shape index (κ1) is 12.5. The second-order valence-corrected chi connectivity index (χ2v) is 6.75. The van der Waals surface area contributed by atoms with Crippen LogP contribution in [0.2, 0.25) is 0 Å². The van der Waals surface area contributed by atoms with Crippen molar-refractivity contribution in [3.8, 4) is 0 Å². The Labute approximate surface area is 91.4 Å². The van der Waals surface area contributed by atoms with Crippen LogP contribution in [0.25, 0.3) is 0 Å². The van der Waals surface area contributed by atoms with Gasteiger partial charge in [-0.2, -0.15) is 0 Å². The number of carbonyl (C=O) groups excluding carboxylic acids is 1. The number of hydrogen-bond donors (Lipinski definition) is 1. The maximum Gasteiger partial charge on any atom is 0.222 e. The van der Waals surface area contributed by atoms with Crippen molar-refractivity contribution in [1.29, 1.82) is 0 Å². The van der Waals surface area contributed by atoms with E-state index < -0.39 is 9.84 Å². The van der Waals surface area contributed by atoms with E-state index in [4.69, 9.17) is 0 Å². The quantitative estimate of drug-likeness (QED) is 0.775. The summed E-state index contributed by atoms with van der Waals surface area (Å²) in [5.41, 5.74) is 0. The summed E-state index contributed by atoms with van der Waals surface area (Å²) in [5, 5.41) is 2.79. The van der Waals surface area contributed by atoms with Crippen LogP contribution in [-0.4, -0.2) is 32.4 Å². The van der Waals surface area contributed by atoms with Gasteiger partial charge in [0.2, 0.25) is 5.91 Å². The molecule has 5 heteroatoms. The molecular weight excluding hydrogens is 214 g/mol. The van der Waals surface area contributed by atoms with E-state index in [9.17, 15) is 13.2 Å². The van der Waals surface area contributed by atoms with Gasteiger partial charge in [-0.15, -0.1) is 0 Å². The highest BCUT2D eigenvalue weighted by molar-refractivity contribution is 7.91. The summed E-state index contributed by atoms with van der Waals surface area (Å²) in [5.74, 6) is 0.599. The summed E-state index contributed by atoms with van der Waals surface area (Å²) in [7, 11) is -2.85. The van der Waals surface area contributed by atoms with Gasteiger partial charge in [0.25, 0.3) is 0 Å². The van der Waals surface area contributed by atoms with E-state index in [1.807, 2.05) is 13.8 Å². The molecule has 0 aromatic carbocycles. The maximum absolute atomic E-state index is 11.3. The first-order chi connectivity index (χ1) is 6.91. The molecule has 0 aliphatic carbocycles. The Morgan fingerprint density at radius 2 is 2.13 bits per heavy atom. The Bertz CT molecular complexity index is 322. The lowest BCUT2D eigenvalue weighted by Gasteiger charge is -2.22. The predicted molar refractivity (Wildman–Crippen MR) is 59.2 cm³/mol. The van der Waals surface area contributed by atoms with Crippen molar-refractivity contribution < 1.29 is 13.2 Å². The van der Waals surface area contributed by atoms with Crippen LogP contribution in [0.3, 0.4) is 0 Å². The summed E-state index contributed by atoms with van der Waals surface area (Å²) in [6.45, 7) is 4.15. The van der Waals surface area contributed by atoms with Crippen LogP contribution in [0.15, 0.2) is 0 Å². The van der Waals surface area contributed by atoms with Crippen LogP contribution in [0.5, 0.6) is 0 Å². The smallest absolute Gasteiger partial charge is 0.222 e. The van der Waals surface area contributed by atoms with E-state index in [1.165, 1.54) is 0 Å². The van der Waals surface area contributed by atoms with Gasteiger partial charge in [0.1, 0.15) is 0 Å². The molecule has 1 aliphatic rings. The van der Waals surface area contributed by atoms with Crippen molar-refractivity contribution in [3.63, 3.8) is 0 Å². The molecule has 1 rings (SSSR count). The van der Waals surface area contributed by atoms with Gasteiger partial charge in [-0.3, -0.25) is 4.79 Å². The Morgan fingerprint density at radius 3 is 2.67 bits per heavy atom. The molecule has 0 aromatic heterocycles. The minimum absolute atomic E-state index is 0.00188. The number of nitrogens with one attached hydrogen (secondary N) is 1. The Kier molecular flexibility index (Phi) is 4.13. The largest absolute Gasteiger partial charge is 0.356 e. The van der Waals surface area contributed by atoms with E-state index in [-0.39, 0.29) is 23.5 Å². The molecule has 1 fully saturated rings. The average Bonchev–Trinajstić information content (AvgIpc) is 2.12. The molecule has 0 radical (unpaired) electrons. The topological polar surface area (TPSA) is 63.2 Å². The van der Waals surface area contributed by atoms with Gasteiger partial charge in [0, 0.05) is 12.5 Å². The first-order valence-corrected chi connectivity index (χ1v) is 7.21. The molecule has 1 aliphatic heterocycles. The van der Waals surface area contributed by atoms with Crippen molar-refractivity contribution >= 4 is 15.7 Å². The molecule has 1 N–H and O–H groups in total. The minimum Gasteiger partial charge on any atom is -0.356 e. The standard InChI is InChI=1S/C10H19NO3S/c1-8(2)10(12)11-6-9-4-3-5-15(13,14)7-9/h8-9H,3-7H2,1-2H3,(H,11,12). The third-order valence-corrected chi connectivity index (χ3v) is 4.54. The maximum atomic E-state index is 11.3. The molecule has 88 valence electrons. The van der Waals surface area contributed by atoms with Gasteiger partial charge in [-0.05, 0) is 18.8 Å². The van der Waals surface area contributed by atoms with Gasteiger partial charge in [0.05, 0.1) is 11.5 Å². The molecule has 1 atom stereocenters. The molecule has 1 heterocycles. The highest BCUT2D eigenvalue weighted by Gasteiger charge is 2.24. The van der Waals surface area contributed by atoms with Gasteiger partial charge >= 0.3 is 0 Å². The average molecular weight is 233 g/mol. The van der Waals surface area contributed by atoms with Gasteiger partial charge in [-0.1, -0.05) is 13.8 Å². The summed E-state index contributed by atoms with van der Waals surface area (Å²) in [4.78, 5) is 11.3. The summed E-state index contributed by atoms with van der Waals surface area (Å²) < 4.78 is 22.7. The van der Waals surface area contributed by atoms with Crippen molar-refractivity contribution in [2.24, 2.45) is 11.8 Å². The molecule has 0 bridgehead atoms. The van der Waals surface area contributed by atoms with Crippen LogP contribution in [-0.2, 0) is 14.6 Å². The highest BCUT2D eigenvalue weighted by Crippen LogP contribution is 2.17. The summed E-state index contributed by atoms with van der Waals surface area (Å²) in [6.07, 6.45) is 1.63. The number of hydrogen-bond acceptors (Lipinski definition) is 3. The zero-order valence-electron chi connectivity index (χ0n) is 9.32. The van der Waals surface area contributed by atoms with Gasteiger partial charge in [0.15, 0.2) is 9.84 Å². The molecule has 0 aromatic rings. The zero-order valence-corrected chi connectivity index (χ0v) is 10.1. The number of rotatable bonds is 3. The number of amides is 1. The lowest BCUT2D eigenvalue weighted by atomic mass is 10.1. The molecular formula is C10H19NO3S. The molecule has 0 spiro atoms. The number of carbonyl (C=O) groups is 1. The van der Waals surface area contributed by atoms with Crippen LogP contribution >= 0.6 is 0 Å². The normalized spacial score (nSPS) is 25.1. The van der Waals surface area contributed by atoms with Crippen LogP contribution in [0, 0.1) is 11.8 Å². The van der Waals surface area contributed by atoms with E-state index >= 15 is 0 Å². The lowest BCUT2D eigenvalue weighted by Crippen LogP contribution is -2.37. The van der Waals surface area contributed by atoms with E-state index in [0.717, 1.165) is 12.8 Å².